The van der Waals surface area contributed by atoms with E-state index in [-0.39, 0.29) is 53.8 Å². The Morgan fingerprint density at radius 3 is 2.02 bits per heavy atom. The second-order valence-electron chi connectivity index (χ2n) is 13.6. The summed E-state index contributed by atoms with van der Waals surface area (Å²) in [4.78, 5) is 41.9. The van der Waals surface area contributed by atoms with Crippen LogP contribution in [0.5, 0.6) is 11.5 Å². The summed E-state index contributed by atoms with van der Waals surface area (Å²) in [6.45, 7) is 11.4. The molecule has 0 aromatic heterocycles. The first-order valence-electron chi connectivity index (χ1n) is 14.9. The van der Waals surface area contributed by atoms with E-state index in [9.17, 15) is 27.9 Å². The van der Waals surface area contributed by atoms with Crippen molar-refractivity contribution in [3.05, 3.63) is 88.8 Å². The summed E-state index contributed by atoms with van der Waals surface area (Å²) in [6.07, 6.45) is 3.19. The molecular weight excluding hydrogens is 594 g/mol. The van der Waals surface area contributed by atoms with Crippen LogP contribution in [0.1, 0.15) is 70.4 Å². The number of aliphatic carboxylic acids is 1. The van der Waals surface area contributed by atoms with Gasteiger partial charge in [0.2, 0.25) is 0 Å². The number of carbonyl (C=O) groups is 3. The molecule has 10 heteroatoms. The number of Topliss-reactive ketones (excluding diaryl/α,β-unsaturated/α-hetero) is 2. The predicted octanol–water partition coefficient (Wildman–Crippen LogP) is 5.96. The van der Waals surface area contributed by atoms with Crippen molar-refractivity contribution in [3.63, 3.8) is 0 Å². The standard InChI is InChI=1S/C35H39NO8S/c1-7-11-21-14-22(15-28(43-6)33(21)44-45(41,42)23-12-9-8-10-13-23)30-31-24(16-34(2,3)18-26(31)37)36(20-29(39)40)25-17-35(4,5)19-27(38)32(25)30/h7-10,12-15,30H,1,11,16-20H2,2-6H3,(H,39,40). The number of carbonyl (C=O) groups excluding carboxylic acids is 2. The number of hydrogen-bond acceptors (Lipinski definition) is 8. The first kappa shape index (κ1) is 32.2. The van der Waals surface area contributed by atoms with Gasteiger partial charge in [0.15, 0.2) is 23.1 Å². The quantitative estimate of drug-likeness (QED) is 0.263. The molecule has 1 aliphatic heterocycles. The minimum atomic E-state index is -4.23. The Hall–Kier alpha value is -4.18. The fourth-order valence-electron chi connectivity index (χ4n) is 6.86. The number of nitrogens with zero attached hydrogens (tertiary/aromatic N) is 1. The minimum Gasteiger partial charge on any atom is -0.493 e. The Morgan fingerprint density at radius 2 is 1.53 bits per heavy atom. The van der Waals surface area contributed by atoms with Gasteiger partial charge >= 0.3 is 16.1 Å². The molecule has 0 amide bonds. The van der Waals surface area contributed by atoms with Crippen LogP contribution in [0, 0.1) is 10.8 Å². The third-order valence-electron chi connectivity index (χ3n) is 8.61. The molecule has 0 fully saturated rings. The summed E-state index contributed by atoms with van der Waals surface area (Å²) < 4.78 is 37.9. The molecule has 1 N–H and O–H groups in total. The molecule has 0 bridgehead atoms. The molecule has 2 aromatic rings. The highest BCUT2D eigenvalue weighted by atomic mass is 32.2. The highest BCUT2D eigenvalue weighted by Gasteiger charge is 2.49. The number of hydrogen-bond donors (Lipinski definition) is 1. The van der Waals surface area contributed by atoms with Gasteiger partial charge in [-0.1, -0.05) is 58.0 Å². The summed E-state index contributed by atoms with van der Waals surface area (Å²) >= 11 is 0. The Labute approximate surface area is 264 Å². The van der Waals surface area contributed by atoms with Crippen molar-refractivity contribution in [1.29, 1.82) is 0 Å². The van der Waals surface area contributed by atoms with Gasteiger partial charge in [0.1, 0.15) is 11.4 Å². The number of carboxylic acids is 1. The Morgan fingerprint density at radius 1 is 0.978 bits per heavy atom. The van der Waals surface area contributed by atoms with Crippen molar-refractivity contribution in [2.75, 3.05) is 13.7 Å². The molecule has 0 atom stereocenters. The van der Waals surface area contributed by atoms with E-state index in [0.29, 0.717) is 46.5 Å². The normalized spacial score (nSPS) is 19.6. The van der Waals surface area contributed by atoms with Crippen molar-refractivity contribution in [3.8, 4) is 11.5 Å². The number of methoxy groups -OCH3 is 1. The van der Waals surface area contributed by atoms with Crippen LogP contribution in [0.2, 0.25) is 0 Å². The van der Waals surface area contributed by atoms with Crippen molar-refractivity contribution < 1.29 is 36.8 Å². The van der Waals surface area contributed by atoms with Crippen molar-refractivity contribution in [2.24, 2.45) is 10.8 Å². The van der Waals surface area contributed by atoms with Crippen LogP contribution >= 0.6 is 0 Å². The monoisotopic (exact) mass is 633 g/mol. The molecular formula is C35H39NO8S. The summed E-state index contributed by atoms with van der Waals surface area (Å²) in [5.41, 5.74) is 2.21. The van der Waals surface area contributed by atoms with E-state index in [2.05, 4.69) is 6.58 Å². The van der Waals surface area contributed by atoms with Gasteiger partial charge in [0, 0.05) is 46.9 Å². The number of ketones is 2. The van der Waals surface area contributed by atoms with Crippen molar-refractivity contribution in [1.82, 2.24) is 4.90 Å². The predicted molar refractivity (Wildman–Crippen MR) is 168 cm³/mol. The fourth-order valence-corrected chi connectivity index (χ4v) is 7.85. The third-order valence-corrected chi connectivity index (χ3v) is 9.85. The zero-order valence-electron chi connectivity index (χ0n) is 26.3. The Bertz CT molecular complexity index is 1710. The van der Waals surface area contributed by atoms with Crippen LogP contribution in [0.3, 0.4) is 0 Å². The van der Waals surface area contributed by atoms with Gasteiger partial charge in [-0.15, -0.1) is 6.58 Å². The molecule has 2 aromatic carbocycles. The lowest BCUT2D eigenvalue weighted by Gasteiger charge is -2.48. The van der Waals surface area contributed by atoms with Crippen molar-refractivity contribution in [2.45, 2.75) is 70.6 Å². The SMILES string of the molecule is C=CCc1cc(C2C3=C(CC(C)(C)CC3=O)N(CC(=O)O)C3=C2C(=O)CC(C)(C)C3)cc(OC)c1OS(=O)(=O)c1ccccc1. The summed E-state index contributed by atoms with van der Waals surface area (Å²) in [5, 5.41) is 9.95. The van der Waals surface area contributed by atoms with Gasteiger partial charge < -0.3 is 18.9 Å². The largest absolute Gasteiger partial charge is 0.493 e. The molecule has 0 unspecified atom stereocenters. The molecule has 0 radical (unpaired) electrons. The van der Waals surface area contributed by atoms with Crippen LogP contribution in [-0.4, -0.2) is 49.6 Å². The number of allylic oxidation sites excluding steroid dienone is 5. The van der Waals surface area contributed by atoms with E-state index in [1.807, 2.05) is 27.7 Å². The summed E-state index contributed by atoms with van der Waals surface area (Å²) in [7, 11) is -2.83. The van der Waals surface area contributed by atoms with Crippen LogP contribution < -0.4 is 8.92 Å². The Kier molecular flexibility index (Phi) is 8.33. The molecule has 0 saturated carbocycles. The van der Waals surface area contributed by atoms with Crippen LogP contribution in [0.4, 0.5) is 0 Å². The zero-order valence-corrected chi connectivity index (χ0v) is 27.1. The van der Waals surface area contributed by atoms with Gasteiger partial charge in [-0.25, -0.2) is 0 Å². The lowest BCUT2D eigenvalue weighted by atomic mass is 9.63. The van der Waals surface area contributed by atoms with E-state index >= 15 is 0 Å². The van der Waals surface area contributed by atoms with Crippen LogP contribution in [0.25, 0.3) is 0 Å². The van der Waals surface area contributed by atoms with Gasteiger partial charge in [-0.2, -0.15) is 8.42 Å². The molecule has 5 rings (SSSR count). The molecule has 1 heterocycles. The lowest BCUT2D eigenvalue weighted by molar-refractivity contribution is -0.138. The van der Waals surface area contributed by atoms with E-state index in [1.165, 1.54) is 19.2 Å². The maximum absolute atomic E-state index is 14.0. The third kappa shape index (κ3) is 6.20. The zero-order chi connectivity index (χ0) is 32.9. The molecule has 0 spiro atoms. The first-order chi connectivity index (χ1) is 21.1. The molecule has 9 nitrogen and oxygen atoms in total. The number of benzene rings is 2. The highest BCUT2D eigenvalue weighted by Crippen LogP contribution is 2.55. The van der Waals surface area contributed by atoms with Gasteiger partial charge in [0.25, 0.3) is 0 Å². The summed E-state index contributed by atoms with van der Waals surface area (Å²) in [6, 6.07) is 11.1. The van der Waals surface area contributed by atoms with Gasteiger partial charge in [-0.05, 0) is 53.9 Å². The highest BCUT2D eigenvalue weighted by molar-refractivity contribution is 7.87. The summed E-state index contributed by atoms with van der Waals surface area (Å²) in [5.74, 6) is -2.04. The molecule has 0 saturated heterocycles. The molecule has 2 aliphatic carbocycles. The molecule has 45 heavy (non-hydrogen) atoms. The number of rotatable bonds is 9. The number of carboxylic acid groups (broad SMARTS) is 1. The minimum absolute atomic E-state index is 0.0102. The topological polar surface area (TPSA) is 127 Å². The van der Waals surface area contributed by atoms with Crippen LogP contribution in [-0.2, 0) is 30.9 Å². The average molecular weight is 634 g/mol. The fraction of sp³-hybridized carbons (Fsp3) is 0.400. The molecule has 238 valence electrons. The Balaban J connectivity index is 1.76. The average Bonchev–Trinajstić information content (AvgIpc) is 2.93. The van der Waals surface area contributed by atoms with E-state index in [4.69, 9.17) is 8.92 Å². The smallest absolute Gasteiger partial charge is 0.339 e. The second kappa shape index (κ2) is 11.6. The van der Waals surface area contributed by atoms with Gasteiger partial charge in [-0.3, -0.25) is 14.4 Å². The van der Waals surface area contributed by atoms with E-state index < -0.39 is 32.8 Å². The van der Waals surface area contributed by atoms with E-state index in [0.717, 1.165) is 0 Å². The van der Waals surface area contributed by atoms with Crippen LogP contribution in [0.15, 0.2) is 82.6 Å². The van der Waals surface area contributed by atoms with Crippen molar-refractivity contribution >= 4 is 27.7 Å². The maximum atomic E-state index is 14.0. The van der Waals surface area contributed by atoms with E-state index in [1.54, 1.807) is 41.3 Å². The first-order valence-corrected chi connectivity index (χ1v) is 16.3. The molecule has 3 aliphatic rings. The second-order valence-corrected chi connectivity index (χ2v) is 15.1. The lowest BCUT2D eigenvalue weighted by Crippen LogP contribution is -2.45. The van der Waals surface area contributed by atoms with Gasteiger partial charge in [0.05, 0.1) is 7.11 Å². The number of ether oxygens (including phenoxy) is 1. The maximum Gasteiger partial charge on any atom is 0.339 e.